The first kappa shape index (κ1) is 16.2. The van der Waals surface area contributed by atoms with Crippen molar-refractivity contribution in [1.82, 2.24) is 0 Å². The van der Waals surface area contributed by atoms with Gasteiger partial charge in [-0.2, -0.15) is 0 Å². The zero-order valence-electron chi connectivity index (χ0n) is 9.12. The number of hydrogen-bond acceptors (Lipinski definition) is 3. The Balaban J connectivity index is 0. The van der Waals surface area contributed by atoms with E-state index in [0.29, 0.717) is 6.61 Å². The highest BCUT2D eigenvalue weighted by molar-refractivity contribution is 4.76. The van der Waals surface area contributed by atoms with Crippen LogP contribution in [0.2, 0.25) is 0 Å². The molecule has 0 aliphatic rings. The Hall–Kier alpha value is -0.290. The second-order valence-corrected chi connectivity index (χ2v) is 4.02. The Labute approximate surface area is 92.0 Å². The molecule has 0 radical (unpaired) electrons. The van der Waals surface area contributed by atoms with Crippen LogP contribution in [-0.2, 0) is 9.78 Å². The van der Waals surface area contributed by atoms with E-state index >= 15 is 0 Å². The van der Waals surface area contributed by atoms with Gasteiger partial charge in [0.15, 0.2) is 0 Å². The average molecular weight is 226 g/mol. The summed E-state index contributed by atoms with van der Waals surface area (Å²) in [5, 5.41) is 8.64. The number of halogens is 1. The predicted octanol–water partition coefficient (Wildman–Crippen LogP) is -1.89. The fraction of sp³-hybridized carbons (Fsp3) is 0.778. The van der Waals surface area contributed by atoms with Gasteiger partial charge in [0.2, 0.25) is 0 Å². The van der Waals surface area contributed by atoms with Crippen LogP contribution >= 0.6 is 0 Å². The minimum atomic E-state index is -0.0217. The fourth-order valence-corrected chi connectivity index (χ4v) is 0.766. The highest BCUT2D eigenvalue weighted by Gasteiger charge is 2.05. The monoisotopic (exact) mass is 225 g/mol. The SMILES string of the molecule is C=C(O)COOCCC[N+](C)(C)C.[Cl-]. The molecule has 0 bridgehead atoms. The lowest BCUT2D eigenvalue weighted by Crippen LogP contribution is -3.00. The number of aliphatic hydroxyl groups is 1. The zero-order chi connectivity index (χ0) is 10.3. The van der Waals surface area contributed by atoms with Crippen LogP contribution in [0.1, 0.15) is 6.42 Å². The second kappa shape index (κ2) is 8.05. The van der Waals surface area contributed by atoms with Crippen molar-refractivity contribution in [3.8, 4) is 0 Å². The topological polar surface area (TPSA) is 38.7 Å². The Kier molecular flexibility index (Phi) is 9.29. The van der Waals surface area contributed by atoms with E-state index in [4.69, 9.17) is 9.99 Å². The van der Waals surface area contributed by atoms with Gasteiger partial charge in [-0.25, -0.2) is 9.78 Å². The zero-order valence-corrected chi connectivity index (χ0v) is 9.88. The Morgan fingerprint density at radius 3 is 2.29 bits per heavy atom. The molecule has 0 aliphatic carbocycles. The Morgan fingerprint density at radius 2 is 1.86 bits per heavy atom. The van der Waals surface area contributed by atoms with Crippen LogP contribution in [0.25, 0.3) is 0 Å². The molecule has 0 aliphatic heterocycles. The van der Waals surface area contributed by atoms with Gasteiger partial charge in [0.1, 0.15) is 12.4 Å². The molecule has 0 spiro atoms. The molecule has 0 aromatic heterocycles. The van der Waals surface area contributed by atoms with Gasteiger partial charge in [-0.3, -0.25) is 0 Å². The van der Waals surface area contributed by atoms with Crippen molar-refractivity contribution in [3.63, 3.8) is 0 Å². The lowest BCUT2D eigenvalue weighted by molar-refractivity contribution is -0.870. The van der Waals surface area contributed by atoms with Gasteiger partial charge in [0.25, 0.3) is 0 Å². The van der Waals surface area contributed by atoms with Crippen molar-refractivity contribution in [2.45, 2.75) is 6.42 Å². The number of quaternary nitrogens is 1. The number of nitrogens with zero attached hydrogens (tertiary/aromatic N) is 1. The van der Waals surface area contributed by atoms with Crippen molar-refractivity contribution in [1.29, 1.82) is 0 Å². The van der Waals surface area contributed by atoms with Crippen molar-refractivity contribution < 1.29 is 31.8 Å². The molecule has 4 nitrogen and oxygen atoms in total. The van der Waals surface area contributed by atoms with Crippen molar-refractivity contribution in [3.05, 3.63) is 12.3 Å². The quantitative estimate of drug-likeness (QED) is 0.181. The van der Waals surface area contributed by atoms with E-state index in [1.54, 1.807) is 0 Å². The van der Waals surface area contributed by atoms with Gasteiger partial charge in [-0.15, -0.1) is 0 Å². The van der Waals surface area contributed by atoms with Crippen LogP contribution < -0.4 is 12.4 Å². The molecule has 14 heavy (non-hydrogen) atoms. The van der Waals surface area contributed by atoms with Gasteiger partial charge in [-0.1, -0.05) is 6.58 Å². The summed E-state index contributed by atoms with van der Waals surface area (Å²) in [6.45, 7) is 4.88. The number of aliphatic hydroxyl groups excluding tert-OH is 1. The first-order valence-corrected chi connectivity index (χ1v) is 4.33. The van der Waals surface area contributed by atoms with Gasteiger partial charge in [0.05, 0.1) is 34.3 Å². The summed E-state index contributed by atoms with van der Waals surface area (Å²) in [5.74, 6) is -0.0217. The van der Waals surface area contributed by atoms with Crippen LogP contribution in [0.15, 0.2) is 12.3 Å². The molecule has 1 N–H and O–H groups in total. The maximum absolute atomic E-state index is 8.64. The third-order valence-electron chi connectivity index (χ3n) is 1.37. The standard InChI is InChI=1S/C9H19NO3.ClH/c1-9(11)8-13-12-7-5-6-10(2,3)4;/h1,5-8H2,2-4H3;1H. The molecule has 0 fully saturated rings. The largest absolute Gasteiger partial charge is 1.00 e. The fourth-order valence-electron chi connectivity index (χ4n) is 0.766. The van der Waals surface area contributed by atoms with Crippen LogP contribution in [0.3, 0.4) is 0 Å². The smallest absolute Gasteiger partial charge is 0.138 e. The van der Waals surface area contributed by atoms with Crippen LogP contribution in [-0.4, -0.2) is 50.5 Å². The summed E-state index contributed by atoms with van der Waals surface area (Å²) in [6, 6.07) is 0. The molecule has 0 atom stereocenters. The molecule has 0 heterocycles. The summed E-state index contributed by atoms with van der Waals surface area (Å²) >= 11 is 0. The first-order chi connectivity index (χ1) is 5.92. The van der Waals surface area contributed by atoms with Gasteiger partial charge < -0.3 is 22.0 Å². The minimum absolute atomic E-state index is 0. The van der Waals surface area contributed by atoms with E-state index in [1.165, 1.54) is 0 Å². The van der Waals surface area contributed by atoms with Crippen molar-refractivity contribution in [2.75, 3.05) is 40.9 Å². The highest BCUT2D eigenvalue weighted by Crippen LogP contribution is 1.94. The first-order valence-electron chi connectivity index (χ1n) is 4.33. The summed E-state index contributed by atoms with van der Waals surface area (Å²) in [5.41, 5.74) is 0. The third-order valence-corrected chi connectivity index (χ3v) is 1.37. The molecule has 0 saturated heterocycles. The average Bonchev–Trinajstić information content (AvgIpc) is 1.93. The molecule has 5 heteroatoms. The van der Waals surface area contributed by atoms with E-state index in [-0.39, 0.29) is 24.8 Å². The number of rotatable bonds is 7. The molecular weight excluding hydrogens is 206 g/mol. The predicted molar refractivity (Wildman–Crippen MR) is 51.2 cm³/mol. The molecule has 0 aromatic rings. The van der Waals surface area contributed by atoms with Crippen LogP contribution in [0.5, 0.6) is 0 Å². The Morgan fingerprint density at radius 1 is 1.29 bits per heavy atom. The minimum Gasteiger partial charge on any atom is -1.00 e. The summed E-state index contributed by atoms with van der Waals surface area (Å²) in [4.78, 5) is 9.46. The highest BCUT2D eigenvalue weighted by atomic mass is 35.5. The molecule has 0 rings (SSSR count). The Bertz CT molecular complexity index is 157. The van der Waals surface area contributed by atoms with E-state index in [2.05, 4.69) is 32.6 Å². The normalized spacial score (nSPS) is 10.8. The summed E-state index contributed by atoms with van der Waals surface area (Å²) in [7, 11) is 6.36. The van der Waals surface area contributed by atoms with Gasteiger partial charge in [0, 0.05) is 6.42 Å². The molecular formula is C9H20ClNO3. The maximum atomic E-state index is 8.64. The van der Waals surface area contributed by atoms with Gasteiger partial charge in [-0.05, 0) is 0 Å². The summed E-state index contributed by atoms with van der Waals surface area (Å²) in [6.07, 6.45) is 0.932. The van der Waals surface area contributed by atoms with Crippen LogP contribution in [0.4, 0.5) is 0 Å². The third kappa shape index (κ3) is 14.2. The van der Waals surface area contributed by atoms with Gasteiger partial charge >= 0.3 is 0 Å². The van der Waals surface area contributed by atoms with E-state index in [1.807, 2.05) is 0 Å². The van der Waals surface area contributed by atoms with Crippen LogP contribution in [0, 0.1) is 0 Å². The van der Waals surface area contributed by atoms with E-state index in [0.717, 1.165) is 17.4 Å². The van der Waals surface area contributed by atoms with E-state index < -0.39 is 0 Å². The molecule has 0 saturated carbocycles. The second-order valence-electron chi connectivity index (χ2n) is 4.02. The molecule has 0 aromatic carbocycles. The molecule has 0 amide bonds. The molecule has 86 valence electrons. The lowest BCUT2D eigenvalue weighted by atomic mass is 10.4. The number of hydrogen-bond donors (Lipinski definition) is 1. The molecule has 0 unspecified atom stereocenters. The van der Waals surface area contributed by atoms with E-state index in [9.17, 15) is 0 Å². The lowest BCUT2D eigenvalue weighted by Gasteiger charge is -2.23. The van der Waals surface area contributed by atoms with Crippen molar-refractivity contribution >= 4 is 0 Å². The summed E-state index contributed by atoms with van der Waals surface area (Å²) < 4.78 is 0.913. The maximum Gasteiger partial charge on any atom is 0.138 e. The van der Waals surface area contributed by atoms with Crippen molar-refractivity contribution in [2.24, 2.45) is 0 Å².